The molecule has 4 rings (SSSR count). The minimum Gasteiger partial charge on any atom is -0.340 e. The molecular weight excluding hydrogens is 306 g/mol. The summed E-state index contributed by atoms with van der Waals surface area (Å²) in [6.07, 6.45) is 2.17. The van der Waals surface area contributed by atoms with E-state index in [1.165, 1.54) is 0 Å². The summed E-state index contributed by atoms with van der Waals surface area (Å²) in [6.45, 7) is 4.35. The number of rotatable bonds is 4. The van der Waals surface area contributed by atoms with Gasteiger partial charge in [-0.25, -0.2) is 0 Å². The van der Waals surface area contributed by atoms with Gasteiger partial charge in [-0.3, -0.25) is 4.90 Å². The van der Waals surface area contributed by atoms with Crippen LogP contribution in [-0.4, -0.2) is 38.3 Å². The van der Waals surface area contributed by atoms with Gasteiger partial charge in [0.15, 0.2) is 5.82 Å². The normalized spacial score (nSPS) is 18.8. The highest BCUT2D eigenvalue weighted by atomic mass is 16.5. The fraction of sp³-hybridized carbons (Fsp3) is 0.412. The van der Waals surface area contributed by atoms with Crippen molar-refractivity contribution in [1.82, 2.24) is 25.2 Å². The molecule has 1 saturated heterocycles. The summed E-state index contributed by atoms with van der Waals surface area (Å²) in [6, 6.07) is 9.85. The molecule has 1 fully saturated rings. The second kappa shape index (κ2) is 6.52. The van der Waals surface area contributed by atoms with E-state index in [4.69, 9.17) is 9.05 Å². The minimum atomic E-state index is 0.299. The quantitative estimate of drug-likeness (QED) is 0.729. The predicted molar refractivity (Wildman–Crippen MR) is 86.0 cm³/mol. The highest BCUT2D eigenvalue weighted by molar-refractivity contribution is 5.53. The Morgan fingerprint density at radius 1 is 1.12 bits per heavy atom. The topological polar surface area (TPSA) is 81.1 Å². The van der Waals surface area contributed by atoms with E-state index in [9.17, 15) is 0 Å². The zero-order valence-electron chi connectivity index (χ0n) is 13.6. The third kappa shape index (κ3) is 3.21. The zero-order valence-corrected chi connectivity index (χ0v) is 13.6. The van der Waals surface area contributed by atoms with Crippen molar-refractivity contribution >= 4 is 0 Å². The van der Waals surface area contributed by atoms with Crippen molar-refractivity contribution in [2.45, 2.75) is 32.2 Å². The third-order valence-corrected chi connectivity index (χ3v) is 4.27. The summed E-state index contributed by atoms with van der Waals surface area (Å²) in [4.78, 5) is 11.2. The van der Waals surface area contributed by atoms with Gasteiger partial charge in [-0.15, -0.1) is 0 Å². The molecule has 1 aliphatic rings. The second-order valence-corrected chi connectivity index (χ2v) is 6.12. The molecule has 2 aromatic heterocycles. The van der Waals surface area contributed by atoms with Crippen molar-refractivity contribution in [3.8, 4) is 11.4 Å². The summed E-state index contributed by atoms with van der Waals surface area (Å²) in [5.41, 5.74) is 0.964. The van der Waals surface area contributed by atoms with Crippen LogP contribution < -0.4 is 0 Å². The Balaban J connectivity index is 1.43. The molecule has 1 aliphatic heterocycles. The van der Waals surface area contributed by atoms with Crippen molar-refractivity contribution in [3.63, 3.8) is 0 Å². The number of aryl methyl sites for hydroxylation is 1. The zero-order chi connectivity index (χ0) is 16.4. The van der Waals surface area contributed by atoms with Crippen LogP contribution in [0.4, 0.5) is 0 Å². The maximum atomic E-state index is 5.41. The number of likely N-dealkylation sites (tertiary alicyclic amines) is 1. The van der Waals surface area contributed by atoms with Gasteiger partial charge in [0.25, 0.3) is 0 Å². The summed E-state index contributed by atoms with van der Waals surface area (Å²) >= 11 is 0. The SMILES string of the molecule is Cc1nc([C@@H]2CCCN(Cc3nc(-c4ccccc4)no3)C2)no1. The lowest BCUT2D eigenvalue weighted by molar-refractivity contribution is 0.173. The van der Waals surface area contributed by atoms with Gasteiger partial charge in [0.1, 0.15) is 0 Å². The van der Waals surface area contributed by atoms with Gasteiger partial charge in [-0.2, -0.15) is 9.97 Å². The number of aromatic nitrogens is 4. The Labute approximate surface area is 139 Å². The molecule has 3 heterocycles. The van der Waals surface area contributed by atoms with Crippen molar-refractivity contribution < 1.29 is 9.05 Å². The van der Waals surface area contributed by atoms with Crippen molar-refractivity contribution in [2.75, 3.05) is 13.1 Å². The van der Waals surface area contributed by atoms with E-state index < -0.39 is 0 Å². The molecule has 3 aromatic rings. The molecule has 7 nitrogen and oxygen atoms in total. The van der Waals surface area contributed by atoms with Crippen molar-refractivity contribution in [2.24, 2.45) is 0 Å². The average molecular weight is 325 g/mol. The molecule has 1 atom stereocenters. The van der Waals surface area contributed by atoms with E-state index in [-0.39, 0.29) is 0 Å². The first-order valence-electron chi connectivity index (χ1n) is 8.18. The Hall–Kier alpha value is -2.54. The standard InChI is InChI=1S/C17H19N5O2/c1-12-18-17(20-23-12)14-8-5-9-22(10-14)11-15-19-16(21-24-15)13-6-3-2-4-7-13/h2-4,6-7,14H,5,8-11H2,1H3/t14-/m1/s1. The van der Waals surface area contributed by atoms with Crippen LogP contribution in [0.3, 0.4) is 0 Å². The summed E-state index contributed by atoms with van der Waals surface area (Å²) in [7, 11) is 0. The molecule has 0 spiro atoms. The lowest BCUT2D eigenvalue weighted by Crippen LogP contribution is -2.34. The summed E-state index contributed by atoms with van der Waals surface area (Å²) in [5.74, 6) is 2.98. The van der Waals surface area contributed by atoms with E-state index in [1.54, 1.807) is 0 Å². The second-order valence-electron chi connectivity index (χ2n) is 6.12. The van der Waals surface area contributed by atoms with Crippen LogP contribution in [0.1, 0.15) is 36.4 Å². The average Bonchev–Trinajstić information content (AvgIpc) is 3.25. The van der Waals surface area contributed by atoms with Crippen LogP contribution >= 0.6 is 0 Å². The van der Waals surface area contributed by atoms with Gasteiger partial charge in [0.05, 0.1) is 6.54 Å². The number of hydrogen-bond donors (Lipinski definition) is 0. The van der Waals surface area contributed by atoms with E-state index in [0.29, 0.717) is 30.1 Å². The van der Waals surface area contributed by atoms with Crippen molar-refractivity contribution in [3.05, 3.63) is 47.9 Å². The van der Waals surface area contributed by atoms with Crippen LogP contribution in [0.2, 0.25) is 0 Å². The Morgan fingerprint density at radius 2 is 2.00 bits per heavy atom. The molecule has 24 heavy (non-hydrogen) atoms. The van der Waals surface area contributed by atoms with Crippen molar-refractivity contribution in [1.29, 1.82) is 0 Å². The van der Waals surface area contributed by atoms with E-state index >= 15 is 0 Å². The smallest absolute Gasteiger partial charge is 0.241 e. The molecule has 0 amide bonds. The molecule has 1 aromatic carbocycles. The molecule has 0 radical (unpaired) electrons. The predicted octanol–water partition coefficient (Wildman–Crippen LogP) is 2.81. The number of benzene rings is 1. The molecule has 0 bridgehead atoms. The number of nitrogens with zero attached hydrogens (tertiary/aromatic N) is 5. The molecule has 0 N–H and O–H groups in total. The van der Waals surface area contributed by atoms with Crippen LogP contribution in [0.5, 0.6) is 0 Å². The monoisotopic (exact) mass is 325 g/mol. The molecule has 124 valence electrons. The largest absolute Gasteiger partial charge is 0.340 e. The first-order valence-corrected chi connectivity index (χ1v) is 8.18. The van der Waals surface area contributed by atoms with E-state index in [1.807, 2.05) is 37.3 Å². The lowest BCUT2D eigenvalue weighted by Gasteiger charge is -2.29. The summed E-state index contributed by atoms with van der Waals surface area (Å²) < 4.78 is 10.5. The summed E-state index contributed by atoms with van der Waals surface area (Å²) in [5, 5.41) is 8.14. The Morgan fingerprint density at radius 3 is 2.79 bits per heavy atom. The van der Waals surface area contributed by atoms with Crippen LogP contribution in [-0.2, 0) is 6.54 Å². The number of piperidine rings is 1. The van der Waals surface area contributed by atoms with Gasteiger partial charge < -0.3 is 9.05 Å². The first kappa shape index (κ1) is 15.0. The van der Waals surface area contributed by atoms with Gasteiger partial charge in [0.2, 0.25) is 17.6 Å². The number of hydrogen-bond acceptors (Lipinski definition) is 7. The van der Waals surface area contributed by atoms with E-state index in [2.05, 4.69) is 25.2 Å². The van der Waals surface area contributed by atoms with Crippen LogP contribution in [0.15, 0.2) is 39.4 Å². The molecule has 0 saturated carbocycles. The van der Waals surface area contributed by atoms with Gasteiger partial charge in [-0.05, 0) is 19.4 Å². The molecule has 7 heteroatoms. The third-order valence-electron chi connectivity index (χ3n) is 4.27. The minimum absolute atomic E-state index is 0.299. The van der Waals surface area contributed by atoms with Crippen LogP contribution in [0, 0.1) is 6.92 Å². The van der Waals surface area contributed by atoms with Gasteiger partial charge in [0, 0.05) is 24.9 Å². The molecule has 0 aliphatic carbocycles. The van der Waals surface area contributed by atoms with Crippen LogP contribution in [0.25, 0.3) is 11.4 Å². The van der Waals surface area contributed by atoms with Gasteiger partial charge in [-0.1, -0.05) is 40.6 Å². The molecule has 0 unspecified atom stereocenters. The fourth-order valence-electron chi connectivity index (χ4n) is 3.11. The maximum Gasteiger partial charge on any atom is 0.241 e. The first-order chi connectivity index (χ1) is 11.8. The highest BCUT2D eigenvalue weighted by Crippen LogP contribution is 2.26. The Kier molecular flexibility index (Phi) is 4.08. The Bertz CT molecular complexity index is 798. The highest BCUT2D eigenvalue weighted by Gasteiger charge is 2.26. The molecular formula is C17H19N5O2. The lowest BCUT2D eigenvalue weighted by atomic mass is 9.97. The van der Waals surface area contributed by atoms with Gasteiger partial charge >= 0.3 is 0 Å². The van der Waals surface area contributed by atoms with E-state index in [0.717, 1.165) is 37.3 Å². The fourth-order valence-corrected chi connectivity index (χ4v) is 3.11. The maximum absolute atomic E-state index is 5.41.